The Morgan fingerprint density at radius 2 is 1.78 bits per heavy atom. The van der Waals surface area contributed by atoms with Crippen LogP contribution in [-0.4, -0.2) is 23.4 Å². The van der Waals surface area contributed by atoms with E-state index in [1.165, 1.54) is 0 Å². The number of rotatable bonds is 2. The van der Waals surface area contributed by atoms with Crippen LogP contribution in [0.3, 0.4) is 0 Å². The molecule has 1 aliphatic rings. The van der Waals surface area contributed by atoms with Gasteiger partial charge in [0.15, 0.2) is 5.75 Å². The van der Waals surface area contributed by atoms with Gasteiger partial charge < -0.3 is 9.47 Å². The molecule has 0 spiro atoms. The molecule has 96 valence electrons. The van der Waals surface area contributed by atoms with Crippen molar-refractivity contribution in [2.45, 2.75) is 0 Å². The van der Waals surface area contributed by atoms with E-state index in [0.29, 0.717) is 0 Å². The number of halogens is 3. The average molecular weight is 401 g/mol. The highest BCUT2D eigenvalue weighted by Crippen LogP contribution is 2.51. The van der Waals surface area contributed by atoms with Crippen molar-refractivity contribution < 1.29 is 19.2 Å². The predicted octanol–water partition coefficient (Wildman–Crippen LogP) is 3.27. The third kappa shape index (κ3) is 2.08. The first-order chi connectivity index (χ1) is 8.45. The summed E-state index contributed by atoms with van der Waals surface area (Å²) >= 11 is 11.6. The van der Waals surface area contributed by atoms with Crippen molar-refractivity contribution in [1.82, 2.24) is 0 Å². The zero-order valence-corrected chi connectivity index (χ0v) is 12.5. The van der Waals surface area contributed by atoms with Gasteiger partial charge in [0.1, 0.15) is 17.7 Å². The highest BCUT2D eigenvalue weighted by atomic mass is 79.9. The molecule has 1 aromatic rings. The Kier molecular flexibility index (Phi) is 3.79. The van der Waals surface area contributed by atoms with Gasteiger partial charge in [-0.2, -0.15) is 0 Å². The van der Waals surface area contributed by atoms with E-state index in [0.717, 1.165) is 0 Å². The van der Waals surface area contributed by atoms with Gasteiger partial charge in [-0.1, -0.05) is 0 Å². The van der Waals surface area contributed by atoms with Crippen LogP contribution in [0.25, 0.3) is 0 Å². The maximum atomic E-state index is 11.4. The molecule has 6 nitrogen and oxygen atoms in total. The van der Waals surface area contributed by atoms with Gasteiger partial charge in [0, 0.05) is 0 Å². The lowest BCUT2D eigenvalue weighted by Crippen LogP contribution is -2.19. The molecule has 9 heteroatoms. The number of hydrogen-bond donors (Lipinski definition) is 0. The van der Waals surface area contributed by atoms with E-state index < -0.39 is 10.2 Å². The summed E-state index contributed by atoms with van der Waals surface area (Å²) < 4.78 is 10.7. The highest BCUT2D eigenvalue weighted by Gasteiger charge is 2.35. The van der Waals surface area contributed by atoms with Crippen LogP contribution in [0.15, 0.2) is 8.95 Å². The predicted molar refractivity (Wildman–Crippen MR) is 69.7 cm³/mol. The summed E-state index contributed by atoms with van der Waals surface area (Å²) in [5.74, 6) is -0.103. The number of fused-ring (bicyclic) bond motifs is 1. The second-order valence-corrected chi connectivity index (χ2v) is 5.17. The highest BCUT2D eigenvalue weighted by molar-refractivity contribution is 9.13. The first-order valence-corrected chi connectivity index (χ1v) is 6.56. The summed E-state index contributed by atoms with van der Waals surface area (Å²) in [4.78, 5) is 21.8. The Bertz CT molecular complexity index is 514. The Morgan fingerprint density at radius 3 is 2.28 bits per heavy atom. The van der Waals surface area contributed by atoms with Crippen molar-refractivity contribution in [1.29, 1.82) is 0 Å². The Labute approximate surface area is 123 Å². The van der Waals surface area contributed by atoms with E-state index in [1.807, 2.05) is 0 Å². The summed E-state index contributed by atoms with van der Waals surface area (Å²) in [6.45, 7) is 0.354. The molecule has 0 aliphatic carbocycles. The molecule has 2 rings (SSSR count). The topological polar surface area (TPSA) is 78.7 Å². The van der Waals surface area contributed by atoms with E-state index in [1.54, 1.807) is 0 Å². The molecule has 18 heavy (non-hydrogen) atoms. The minimum Gasteiger partial charge on any atom is -0.485 e. The van der Waals surface area contributed by atoms with E-state index in [2.05, 4.69) is 31.9 Å². The third-order valence-corrected chi connectivity index (χ3v) is 4.51. The summed E-state index contributed by atoms with van der Waals surface area (Å²) in [5.41, 5.74) is -0.304. The molecule has 0 bridgehead atoms. The van der Waals surface area contributed by atoms with Gasteiger partial charge in [-0.05, 0) is 43.5 Å². The molecule has 0 saturated carbocycles. The molecule has 0 N–H and O–H groups in total. The van der Waals surface area contributed by atoms with Crippen LogP contribution in [0.5, 0.6) is 11.5 Å². The summed E-state index contributed by atoms with van der Waals surface area (Å²) in [5, 5.41) is 10.2. The fraction of sp³-hybridized carbons (Fsp3) is 0.222. The van der Waals surface area contributed by atoms with Crippen LogP contribution in [0.4, 0.5) is 5.69 Å². The normalized spacial score (nSPS) is 13.3. The maximum absolute atomic E-state index is 11.4. The molecule has 0 amide bonds. The van der Waals surface area contributed by atoms with Crippen LogP contribution < -0.4 is 9.47 Å². The molecule has 0 aromatic heterocycles. The van der Waals surface area contributed by atoms with Crippen molar-refractivity contribution in [2.75, 3.05) is 13.2 Å². The molecule has 0 unspecified atom stereocenters. The van der Waals surface area contributed by atoms with Gasteiger partial charge in [0.2, 0.25) is 5.75 Å². The van der Waals surface area contributed by atoms with E-state index in [-0.39, 0.29) is 44.9 Å². The van der Waals surface area contributed by atoms with Crippen molar-refractivity contribution in [3.63, 3.8) is 0 Å². The first kappa shape index (κ1) is 13.6. The van der Waals surface area contributed by atoms with Gasteiger partial charge in [-0.15, -0.1) is 0 Å². The number of nitro benzene ring substituents is 1. The standard InChI is InChI=1S/C9H4Br2ClNO5/c10-4-3(9(12)14)7-8(18-2-1-17-7)6(5(4)11)13(15)16/h1-2H2. The lowest BCUT2D eigenvalue weighted by atomic mass is 10.1. The smallest absolute Gasteiger partial charge is 0.330 e. The number of carbonyl (C=O) groups excluding carboxylic acids is 1. The van der Waals surface area contributed by atoms with Gasteiger partial charge >= 0.3 is 5.69 Å². The van der Waals surface area contributed by atoms with Crippen LogP contribution in [0.1, 0.15) is 10.4 Å². The summed E-state index contributed by atoms with van der Waals surface area (Å²) in [7, 11) is 0. The minimum absolute atomic E-state index is 0.00356. The third-order valence-electron chi connectivity index (χ3n) is 2.22. The van der Waals surface area contributed by atoms with Crippen LogP contribution >= 0.6 is 43.5 Å². The lowest BCUT2D eigenvalue weighted by Gasteiger charge is -2.21. The molecule has 1 aromatic carbocycles. The first-order valence-electron chi connectivity index (χ1n) is 4.60. The van der Waals surface area contributed by atoms with Gasteiger partial charge in [-0.25, -0.2) is 0 Å². The Hall–Kier alpha value is -0.860. The van der Waals surface area contributed by atoms with Crippen molar-refractivity contribution in [2.24, 2.45) is 0 Å². The van der Waals surface area contributed by atoms with Crippen molar-refractivity contribution >= 4 is 54.4 Å². The van der Waals surface area contributed by atoms with Crippen LogP contribution in [0, 0.1) is 10.1 Å². The zero-order chi connectivity index (χ0) is 13.4. The Morgan fingerprint density at radius 1 is 1.22 bits per heavy atom. The SMILES string of the molecule is O=C(Cl)c1c(Br)c(Br)c([N+](=O)[O-])c2c1OCCO2. The van der Waals surface area contributed by atoms with Gasteiger partial charge in [0.05, 0.1) is 15.0 Å². The number of nitro groups is 1. The van der Waals surface area contributed by atoms with E-state index in [9.17, 15) is 14.9 Å². The van der Waals surface area contributed by atoms with Gasteiger partial charge in [-0.3, -0.25) is 14.9 Å². The molecular formula is C9H4Br2ClNO5. The van der Waals surface area contributed by atoms with Crippen LogP contribution in [-0.2, 0) is 0 Å². The number of nitrogens with zero attached hydrogens (tertiary/aromatic N) is 1. The molecule has 1 aliphatic heterocycles. The number of hydrogen-bond acceptors (Lipinski definition) is 5. The number of benzene rings is 1. The number of carbonyl (C=O) groups is 1. The fourth-order valence-electron chi connectivity index (χ4n) is 1.53. The Balaban J connectivity index is 2.85. The molecule has 0 radical (unpaired) electrons. The molecule has 0 fully saturated rings. The fourth-order valence-corrected chi connectivity index (χ4v) is 2.90. The average Bonchev–Trinajstić information content (AvgIpc) is 2.29. The van der Waals surface area contributed by atoms with Crippen molar-refractivity contribution in [3.8, 4) is 11.5 Å². The van der Waals surface area contributed by atoms with Gasteiger partial charge in [0.25, 0.3) is 5.24 Å². The lowest BCUT2D eigenvalue weighted by molar-refractivity contribution is -0.387. The molecule has 0 saturated heterocycles. The molecular weight excluding hydrogens is 397 g/mol. The second kappa shape index (κ2) is 5.02. The van der Waals surface area contributed by atoms with Crippen LogP contribution in [0.2, 0.25) is 0 Å². The summed E-state index contributed by atoms with van der Waals surface area (Å²) in [6.07, 6.45) is 0. The van der Waals surface area contributed by atoms with Crippen molar-refractivity contribution in [3.05, 3.63) is 24.6 Å². The zero-order valence-electron chi connectivity index (χ0n) is 8.54. The largest absolute Gasteiger partial charge is 0.485 e. The van der Waals surface area contributed by atoms with E-state index in [4.69, 9.17) is 21.1 Å². The minimum atomic E-state index is -0.792. The van der Waals surface area contributed by atoms with E-state index >= 15 is 0 Å². The second-order valence-electron chi connectivity index (χ2n) is 3.24. The number of ether oxygens (including phenoxy) is 2. The quantitative estimate of drug-likeness (QED) is 0.432. The molecule has 1 heterocycles. The molecule has 0 atom stereocenters. The summed E-state index contributed by atoms with van der Waals surface area (Å²) in [6, 6.07) is 0. The maximum Gasteiger partial charge on any atom is 0.330 e. The monoisotopic (exact) mass is 399 g/mol.